The highest BCUT2D eigenvalue weighted by Gasteiger charge is 2.19. The first-order chi connectivity index (χ1) is 12.5. The van der Waals surface area contributed by atoms with Gasteiger partial charge in [-0.2, -0.15) is 0 Å². The molecule has 1 aromatic heterocycles. The predicted octanol–water partition coefficient (Wildman–Crippen LogP) is 2.40. The van der Waals surface area contributed by atoms with Crippen LogP contribution in [0.3, 0.4) is 0 Å². The number of carbonyl (C=O) groups excluding carboxylic acids is 2. The Morgan fingerprint density at radius 2 is 1.85 bits per heavy atom. The second kappa shape index (κ2) is 7.86. The number of rotatable bonds is 5. The molecule has 1 aliphatic heterocycles. The molecule has 0 aliphatic carbocycles. The lowest BCUT2D eigenvalue weighted by Crippen LogP contribution is -2.37. The third-order valence-corrected chi connectivity index (χ3v) is 5.60. The quantitative estimate of drug-likeness (QED) is 0.746. The molecule has 1 aromatic carbocycles. The average molecular weight is 374 g/mol. The standard InChI is InChI=1S/C18H22N4O3S/c1-11(22-6-8-25-9-7-22)12-2-4-13(5-3-12)15-10-14(16(19)23)17(26-15)21-18(20)24/h2-5,10-11H,6-9H2,1H3,(H2,19,23)(H3,20,21,24)/t11-/m1/s1. The topological polar surface area (TPSA) is 111 Å². The SMILES string of the molecule is C[C@H](c1ccc(-c2cc(C(N)=O)c(NC(N)=O)s2)cc1)N1CCOCC1. The zero-order chi connectivity index (χ0) is 18.7. The third-order valence-electron chi connectivity index (χ3n) is 4.51. The fraction of sp³-hybridized carbons (Fsp3) is 0.333. The predicted molar refractivity (Wildman–Crippen MR) is 102 cm³/mol. The number of hydrogen-bond donors (Lipinski definition) is 3. The number of amides is 3. The number of anilines is 1. The van der Waals surface area contributed by atoms with Crippen molar-refractivity contribution < 1.29 is 14.3 Å². The molecule has 0 spiro atoms. The number of urea groups is 1. The highest BCUT2D eigenvalue weighted by Crippen LogP contribution is 2.36. The largest absolute Gasteiger partial charge is 0.379 e. The number of thiophene rings is 1. The molecule has 8 heteroatoms. The minimum absolute atomic E-state index is 0.259. The molecule has 26 heavy (non-hydrogen) atoms. The van der Waals surface area contributed by atoms with Gasteiger partial charge in [-0.1, -0.05) is 24.3 Å². The molecule has 5 N–H and O–H groups in total. The van der Waals surface area contributed by atoms with Gasteiger partial charge in [0.2, 0.25) is 0 Å². The van der Waals surface area contributed by atoms with Gasteiger partial charge in [0.25, 0.3) is 5.91 Å². The van der Waals surface area contributed by atoms with Gasteiger partial charge in [-0.15, -0.1) is 11.3 Å². The Balaban J connectivity index is 1.81. The van der Waals surface area contributed by atoms with Crippen LogP contribution in [0.5, 0.6) is 0 Å². The van der Waals surface area contributed by atoms with Crippen molar-refractivity contribution in [1.29, 1.82) is 0 Å². The Morgan fingerprint density at radius 1 is 1.19 bits per heavy atom. The van der Waals surface area contributed by atoms with E-state index in [1.54, 1.807) is 6.07 Å². The molecule has 138 valence electrons. The van der Waals surface area contributed by atoms with Crippen LogP contribution in [0.15, 0.2) is 30.3 Å². The summed E-state index contributed by atoms with van der Waals surface area (Å²) in [6, 6.07) is 9.45. The van der Waals surface area contributed by atoms with Crippen molar-refractivity contribution >= 4 is 28.3 Å². The molecular formula is C18H22N4O3S. The number of primary amides is 2. The number of nitrogens with one attached hydrogen (secondary N) is 1. The summed E-state index contributed by atoms with van der Waals surface area (Å²) in [7, 11) is 0. The lowest BCUT2D eigenvalue weighted by molar-refractivity contribution is 0.0198. The maximum absolute atomic E-state index is 11.6. The van der Waals surface area contributed by atoms with Gasteiger partial charge < -0.3 is 16.2 Å². The van der Waals surface area contributed by atoms with E-state index in [1.165, 1.54) is 16.9 Å². The first-order valence-corrected chi connectivity index (χ1v) is 9.19. The van der Waals surface area contributed by atoms with E-state index in [4.69, 9.17) is 16.2 Å². The van der Waals surface area contributed by atoms with Crippen molar-refractivity contribution in [2.45, 2.75) is 13.0 Å². The van der Waals surface area contributed by atoms with Gasteiger partial charge in [0, 0.05) is 24.0 Å². The normalized spacial score (nSPS) is 16.2. The molecule has 2 heterocycles. The van der Waals surface area contributed by atoms with Crippen LogP contribution in [0.4, 0.5) is 9.80 Å². The van der Waals surface area contributed by atoms with Crippen LogP contribution in [0.25, 0.3) is 10.4 Å². The molecule has 3 amide bonds. The van der Waals surface area contributed by atoms with Crippen LogP contribution >= 0.6 is 11.3 Å². The number of nitrogens with two attached hydrogens (primary N) is 2. The van der Waals surface area contributed by atoms with Crippen LogP contribution in [-0.2, 0) is 4.74 Å². The van der Waals surface area contributed by atoms with Gasteiger partial charge in [0.1, 0.15) is 5.00 Å². The molecule has 7 nitrogen and oxygen atoms in total. The molecule has 1 fully saturated rings. The highest BCUT2D eigenvalue weighted by atomic mass is 32.1. The van der Waals surface area contributed by atoms with Gasteiger partial charge in [0.15, 0.2) is 0 Å². The Kier molecular flexibility index (Phi) is 5.55. The van der Waals surface area contributed by atoms with Gasteiger partial charge in [0.05, 0.1) is 18.8 Å². The molecule has 0 saturated carbocycles. The second-order valence-electron chi connectivity index (χ2n) is 6.15. The molecule has 3 rings (SSSR count). The molecule has 1 atom stereocenters. The van der Waals surface area contributed by atoms with E-state index in [9.17, 15) is 9.59 Å². The van der Waals surface area contributed by atoms with Crippen molar-refractivity contribution in [1.82, 2.24) is 4.90 Å². The zero-order valence-corrected chi connectivity index (χ0v) is 15.3. The van der Waals surface area contributed by atoms with Crippen molar-refractivity contribution in [3.05, 3.63) is 41.5 Å². The van der Waals surface area contributed by atoms with E-state index >= 15 is 0 Å². The lowest BCUT2D eigenvalue weighted by atomic mass is 10.0. The Bertz CT molecular complexity index is 797. The average Bonchev–Trinajstić information content (AvgIpc) is 3.05. The Labute approximate surface area is 155 Å². The first kappa shape index (κ1) is 18.4. The molecule has 0 radical (unpaired) electrons. The fourth-order valence-electron chi connectivity index (χ4n) is 3.02. The van der Waals surface area contributed by atoms with Gasteiger partial charge in [-0.3, -0.25) is 15.0 Å². The minimum Gasteiger partial charge on any atom is -0.379 e. The molecular weight excluding hydrogens is 352 g/mol. The minimum atomic E-state index is -0.726. The van der Waals surface area contributed by atoms with Crippen molar-refractivity contribution in [2.24, 2.45) is 11.5 Å². The number of morpholine rings is 1. The molecule has 0 unspecified atom stereocenters. The van der Waals surface area contributed by atoms with Crippen molar-refractivity contribution in [3.63, 3.8) is 0 Å². The molecule has 1 saturated heterocycles. The zero-order valence-electron chi connectivity index (χ0n) is 14.5. The maximum Gasteiger partial charge on any atom is 0.317 e. The summed E-state index contributed by atoms with van der Waals surface area (Å²) in [5, 5.41) is 2.82. The monoisotopic (exact) mass is 374 g/mol. The Hall–Kier alpha value is -2.42. The summed E-state index contributed by atoms with van der Waals surface area (Å²) in [5.41, 5.74) is 13.0. The van der Waals surface area contributed by atoms with Crippen molar-refractivity contribution in [2.75, 3.05) is 31.6 Å². The summed E-state index contributed by atoms with van der Waals surface area (Å²) in [6.07, 6.45) is 0. The Morgan fingerprint density at radius 3 is 2.42 bits per heavy atom. The summed E-state index contributed by atoms with van der Waals surface area (Å²) in [4.78, 5) is 25.9. The summed E-state index contributed by atoms with van der Waals surface area (Å²) in [6.45, 7) is 5.58. The van der Waals surface area contributed by atoms with Gasteiger partial charge in [-0.25, -0.2) is 4.79 Å². The van der Waals surface area contributed by atoms with E-state index in [0.29, 0.717) is 11.0 Å². The third kappa shape index (κ3) is 4.04. The summed E-state index contributed by atoms with van der Waals surface area (Å²) >= 11 is 1.27. The van der Waals surface area contributed by atoms with Gasteiger partial charge >= 0.3 is 6.03 Å². The lowest BCUT2D eigenvalue weighted by Gasteiger charge is -2.32. The van der Waals surface area contributed by atoms with E-state index in [1.807, 2.05) is 12.1 Å². The molecule has 2 aromatic rings. The van der Waals surface area contributed by atoms with E-state index in [2.05, 4.69) is 29.3 Å². The molecule has 0 bridgehead atoms. The molecule has 1 aliphatic rings. The van der Waals surface area contributed by atoms with Crippen LogP contribution in [0, 0.1) is 0 Å². The van der Waals surface area contributed by atoms with E-state index in [-0.39, 0.29) is 5.56 Å². The van der Waals surface area contributed by atoms with E-state index < -0.39 is 11.9 Å². The second-order valence-corrected chi connectivity index (χ2v) is 7.21. The number of ether oxygens (including phenoxy) is 1. The number of hydrogen-bond acceptors (Lipinski definition) is 5. The summed E-state index contributed by atoms with van der Waals surface area (Å²) < 4.78 is 5.41. The van der Waals surface area contributed by atoms with Crippen LogP contribution in [0.1, 0.15) is 28.9 Å². The highest BCUT2D eigenvalue weighted by molar-refractivity contribution is 7.20. The smallest absolute Gasteiger partial charge is 0.317 e. The number of carbonyl (C=O) groups is 2. The van der Waals surface area contributed by atoms with Crippen LogP contribution in [0.2, 0.25) is 0 Å². The van der Waals surface area contributed by atoms with Crippen LogP contribution in [-0.4, -0.2) is 43.1 Å². The van der Waals surface area contributed by atoms with Gasteiger partial charge in [-0.05, 0) is 24.1 Å². The van der Waals surface area contributed by atoms with Crippen LogP contribution < -0.4 is 16.8 Å². The van der Waals surface area contributed by atoms with E-state index in [0.717, 1.165) is 36.7 Å². The summed E-state index contributed by atoms with van der Waals surface area (Å²) in [5.74, 6) is -0.603. The number of benzene rings is 1. The maximum atomic E-state index is 11.6. The number of nitrogens with zero attached hydrogens (tertiary/aromatic N) is 1. The fourth-order valence-corrected chi connectivity index (χ4v) is 4.09. The first-order valence-electron chi connectivity index (χ1n) is 8.38. The van der Waals surface area contributed by atoms with Crippen molar-refractivity contribution in [3.8, 4) is 10.4 Å².